The molecule has 0 amide bonds. The van der Waals surface area contributed by atoms with Crippen LogP contribution >= 0.6 is 12.6 Å². The summed E-state index contributed by atoms with van der Waals surface area (Å²) in [6.45, 7) is 25.2. The largest absolute Gasteiger partial charge is 0.342 e. The average Bonchev–Trinajstić information content (AvgIpc) is 2.08. The molecule has 21 heavy (non-hydrogen) atoms. The van der Waals surface area contributed by atoms with Gasteiger partial charge in [-0.2, -0.15) is 0 Å². The van der Waals surface area contributed by atoms with Crippen LogP contribution in [0, 0.1) is 0 Å². The molecule has 0 radical (unpaired) electrons. The van der Waals surface area contributed by atoms with Crippen molar-refractivity contribution in [3.63, 3.8) is 0 Å². The molecule has 0 aromatic carbocycles. The molecule has 0 saturated carbocycles. The Balaban J connectivity index is 6.04. The molecular weight excluding hydrogens is 326 g/mol. The van der Waals surface area contributed by atoms with Crippen LogP contribution in [0.5, 0.6) is 0 Å². The predicted molar refractivity (Wildman–Crippen MR) is 108 cm³/mol. The third kappa shape index (κ3) is 6.17. The van der Waals surface area contributed by atoms with Crippen LogP contribution in [0.15, 0.2) is 12.7 Å². The zero-order valence-electron chi connectivity index (χ0n) is 15.4. The van der Waals surface area contributed by atoms with E-state index in [4.69, 9.17) is 0 Å². The summed E-state index contributed by atoms with van der Waals surface area (Å²) in [5.74, 6) is 0. The number of thiol groups is 1. The number of hydrogen-bond donors (Lipinski definition) is 1. The molecule has 0 aromatic heterocycles. The Morgan fingerprint density at radius 3 is 1.62 bits per heavy atom. The minimum atomic E-state index is -1.64. The van der Waals surface area contributed by atoms with Crippen molar-refractivity contribution in [1.29, 1.82) is 0 Å². The molecule has 0 aromatic rings. The normalized spacial score (nSPS) is 16.7. The molecule has 0 saturated heterocycles. The predicted octanol–water partition coefficient (Wildman–Crippen LogP) is 5.07. The first-order chi connectivity index (χ1) is 9.14. The molecule has 2 nitrogen and oxygen atoms in total. The van der Waals surface area contributed by atoms with Crippen molar-refractivity contribution >= 4 is 42.3 Å². The first kappa shape index (κ1) is 21.4. The van der Waals surface area contributed by atoms with E-state index in [1.807, 2.05) is 6.08 Å². The molecule has 6 heteroatoms. The van der Waals surface area contributed by atoms with Crippen LogP contribution in [-0.4, -0.2) is 39.9 Å². The van der Waals surface area contributed by atoms with Gasteiger partial charge in [-0.3, -0.25) is 4.79 Å². The van der Waals surface area contributed by atoms with E-state index in [1.165, 1.54) is 0 Å². The molecule has 0 N–H and O–H groups in total. The second-order valence-corrected chi connectivity index (χ2v) is 24.9. The fraction of sp³-hybridized carbons (Fsp3) is 0.800. The summed E-state index contributed by atoms with van der Waals surface area (Å²) in [6.07, 6.45) is 2.87. The number of carbonyl (C=O) groups excluding carboxylic acids is 1. The molecule has 0 spiro atoms. The third-order valence-electron chi connectivity index (χ3n) is 3.77. The summed E-state index contributed by atoms with van der Waals surface area (Å²) in [7, 11) is -4.69. The first-order valence-corrected chi connectivity index (χ1v) is 18.7. The topological polar surface area (TPSA) is 20.3 Å². The molecule has 0 rings (SSSR count). The maximum Gasteiger partial charge on any atom is 0.187 e. The van der Waals surface area contributed by atoms with Gasteiger partial charge in [0.25, 0.3) is 0 Å². The van der Waals surface area contributed by atoms with Gasteiger partial charge in [-0.1, -0.05) is 65.0 Å². The van der Waals surface area contributed by atoms with Crippen molar-refractivity contribution in [1.82, 2.24) is 4.23 Å². The van der Waals surface area contributed by atoms with Crippen molar-refractivity contribution in [3.8, 4) is 0 Å². The number of hydrogen-bond acceptors (Lipinski definition) is 2. The van der Waals surface area contributed by atoms with Crippen LogP contribution in [0.3, 0.4) is 0 Å². The zero-order valence-corrected chi connectivity index (χ0v) is 19.3. The number of rotatable bonds is 8. The average molecular weight is 362 g/mol. The lowest BCUT2D eigenvalue weighted by molar-refractivity contribution is -0.111. The van der Waals surface area contributed by atoms with Crippen LogP contribution in [0.25, 0.3) is 0 Å². The summed E-state index contributed by atoms with van der Waals surface area (Å²) in [5.41, 5.74) is 0.0669. The molecule has 0 aliphatic heterocycles. The van der Waals surface area contributed by atoms with Crippen molar-refractivity contribution in [2.24, 2.45) is 0 Å². The van der Waals surface area contributed by atoms with Gasteiger partial charge in [0.15, 0.2) is 5.12 Å². The van der Waals surface area contributed by atoms with Gasteiger partial charge in [-0.05, 0) is 6.42 Å². The van der Waals surface area contributed by atoms with Crippen LogP contribution in [0.2, 0.25) is 64.5 Å². The highest BCUT2D eigenvalue weighted by molar-refractivity contribution is 7.97. The lowest BCUT2D eigenvalue weighted by Gasteiger charge is -2.52. The standard InChI is InChI=1S/C15H35NOSSi3/c1-11-12-13(14(15(17)18)19(2,3)4)16(20(5,6)7)21(8,9)10/h11,13-14H,1,12H2,2-10H3,(H,17,18). The van der Waals surface area contributed by atoms with Gasteiger partial charge in [0.05, 0.1) is 8.07 Å². The van der Waals surface area contributed by atoms with E-state index in [-0.39, 0.29) is 16.7 Å². The maximum absolute atomic E-state index is 12.3. The zero-order chi connectivity index (χ0) is 17.2. The molecule has 0 fully saturated rings. The number of nitrogens with zero attached hydrogens (tertiary/aromatic N) is 1. The smallest absolute Gasteiger partial charge is 0.187 e. The highest BCUT2D eigenvalue weighted by Crippen LogP contribution is 2.38. The van der Waals surface area contributed by atoms with E-state index in [9.17, 15) is 4.79 Å². The summed E-state index contributed by atoms with van der Waals surface area (Å²) in [4.78, 5) is 12.3. The van der Waals surface area contributed by atoms with Gasteiger partial charge in [-0.15, -0.1) is 19.2 Å². The molecule has 0 aliphatic rings. The fourth-order valence-corrected chi connectivity index (χ4v) is 18.0. The van der Waals surface area contributed by atoms with Gasteiger partial charge < -0.3 is 4.23 Å². The highest BCUT2D eigenvalue weighted by Gasteiger charge is 2.47. The Morgan fingerprint density at radius 2 is 1.43 bits per heavy atom. The van der Waals surface area contributed by atoms with Gasteiger partial charge in [-0.25, -0.2) is 0 Å². The molecule has 2 atom stereocenters. The Kier molecular flexibility index (Phi) is 7.42. The Bertz CT molecular complexity index is 366. The minimum absolute atomic E-state index is 0.0669. The quantitative estimate of drug-likeness (QED) is 0.370. The van der Waals surface area contributed by atoms with Crippen LogP contribution in [-0.2, 0) is 4.79 Å². The van der Waals surface area contributed by atoms with Crippen molar-refractivity contribution in [2.75, 3.05) is 0 Å². The summed E-state index contributed by atoms with van der Waals surface area (Å²) >= 11 is 4.27. The van der Waals surface area contributed by atoms with E-state index < -0.39 is 24.5 Å². The lowest BCUT2D eigenvalue weighted by atomic mass is 10.1. The second kappa shape index (κ2) is 7.29. The van der Waals surface area contributed by atoms with Crippen LogP contribution in [0.1, 0.15) is 6.42 Å². The molecular formula is C15H35NOSSi3. The van der Waals surface area contributed by atoms with Gasteiger partial charge in [0.1, 0.15) is 16.5 Å². The second-order valence-electron chi connectivity index (χ2n) is 8.99. The van der Waals surface area contributed by atoms with E-state index in [0.29, 0.717) is 0 Å². The Labute approximate surface area is 141 Å². The lowest BCUT2D eigenvalue weighted by Crippen LogP contribution is -2.66. The first-order valence-electron chi connectivity index (χ1n) is 7.77. The fourth-order valence-electron chi connectivity index (χ4n) is 3.67. The van der Waals surface area contributed by atoms with Gasteiger partial charge in [0.2, 0.25) is 0 Å². The minimum Gasteiger partial charge on any atom is -0.342 e. The van der Waals surface area contributed by atoms with Crippen molar-refractivity contribution in [3.05, 3.63) is 12.7 Å². The molecule has 2 unspecified atom stereocenters. The third-order valence-corrected chi connectivity index (χ3v) is 14.4. The molecule has 0 heterocycles. The van der Waals surface area contributed by atoms with E-state index in [2.05, 4.69) is 82.4 Å². The monoisotopic (exact) mass is 361 g/mol. The van der Waals surface area contributed by atoms with Crippen molar-refractivity contribution in [2.45, 2.75) is 76.9 Å². The molecule has 0 bridgehead atoms. The molecule has 0 aliphatic carbocycles. The highest BCUT2D eigenvalue weighted by atomic mass is 32.1. The van der Waals surface area contributed by atoms with E-state index >= 15 is 0 Å². The summed E-state index contributed by atoms with van der Waals surface area (Å²) in [6, 6.07) is 0.275. The summed E-state index contributed by atoms with van der Waals surface area (Å²) in [5, 5.41) is 0.0718. The van der Waals surface area contributed by atoms with Gasteiger partial charge >= 0.3 is 0 Å². The Morgan fingerprint density at radius 1 is 1.05 bits per heavy atom. The summed E-state index contributed by atoms with van der Waals surface area (Å²) < 4.78 is 2.76. The van der Waals surface area contributed by atoms with E-state index in [1.54, 1.807) is 0 Å². The van der Waals surface area contributed by atoms with Crippen LogP contribution < -0.4 is 0 Å². The molecule has 124 valence electrons. The van der Waals surface area contributed by atoms with Crippen LogP contribution in [0.4, 0.5) is 0 Å². The van der Waals surface area contributed by atoms with E-state index in [0.717, 1.165) is 6.42 Å². The SMILES string of the molecule is C=CCC(C(C(=O)S)[Si](C)(C)C)N([Si](C)(C)C)[Si](C)(C)C. The van der Waals surface area contributed by atoms with Crippen molar-refractivity contribution < 1.29 is 4.79 Å². The van der Waals surface area contributed by atoms with Gasteiger partial charge in [0, 0.05) is 11.6 Å². The maximum atomic E-state index is 12.3. The number of carbonyl (C=O) groups is 1. The Hall–Kier alpha value is 0.371.